The third-order valence-corrected chi connectivity index (χ3v) is 3.33. The Morgan fingerprint density at radius 2 is 2.24 bits per heavy atom. The number of piperazine rings is 1. The Hall–Kier alpha value is -1.43. The predicted molar refractivity (Wildman–Crippen MR) is 59.9 cm³/mol. The molecule has 6 heteroatoms. The van der Waals surface area contributed by atoms with Crippen LogP contribution in [0.1, 0.15) is 19.8 Å². The van der Waals surface area contributed by atoms with Gasteiger partial charge in [0.15, 0.2) is 0 Å². The molecule has 6 nitrogen and oxygen atoms in total. The Morgan fingerprint density at radius 3 is 2.82 bits per heavy atom. The lowest BCUT2D eigenvalue weighted by Crippen LogP contribution is -2.60. The smallest absolute Gasteiger partial charge is 0.249 e. The summed E-state index contributed by atoms with van der Waals surface area (Å²) in [5, 5.41) is 5.38. The number of hydrogen-bond donors (Lipinski definition) is 2. The van der Waals surface area contributed by atoms with E-state index < -0.39 is 6.04 Å². The molecule has 2 aliphatic heterocycles. The van der Waals surface area contributed by atoms with E-state index in [1.807, 2.05) is 6.92 Å². The summed E-state index contributed by atoms with van der Waals surface area (Å²) >= 11 is 0. The van der Waals surface area contributed by atoms with Gasteiger partial charge in [-0.05, 0) is 19.4 Å². The van der Waals surface area contributed by atoms with Crippen molar-refractivity contribution in [3.8, 4) is 0 Å². The molecule has 2 N–H and O–H groups in total. The Bertz CT molecular complexity index is 350. The van der Waals surface area contributed by atoms with Crippen LogP contribution in [0.5, 0.6) is 0 Å². The van der Waals surface area contributed by atoms with Gasteiger partial charge in [0.25, 0.3) is 0 Å². The van der Waals surface area contributed by atoms with Crippen molar-refractivity contribution in [3.05, 3.63) is 0 Å². The molecule has 0 saturated carbocycles. The normalized spacial score (nSPS) is 29.4. The van der Waals surface area contributed by atoms with Crippen LogP contribution in [0.25, 0.3) is 0 Å². The molecular weight excluding hydrogens is 222 g/mol. The van der Waals surface area contributed by atoms with Gasteiger partial charge >= 0.3 is 0 Å². The monoisotopic (exact) mass is 239 g/mol. The lowest BCUT2D eigenvalue weighted by Gasteiger charge is -2.34. The van der Waals surface area contributed by atoms with E-state index in [-0.39, 0.29) is 30.2 Å². The number of imide groups is 1. The van der Waals surface area contributed by atoms with E-state index in [9.17, 15) is 14.4 Å². The van der Waals surface area contributed by atoms with Crippen molar-refractivity contribution in [1.29, 1.82) is 0 Å². The average molecular weight is 239 g/mol. The number of nitrogens with zero attached hydrogens (tertiary/aromatic N) is 1. The Labute approximate surface area is 99.7 Å². The summed E-state index contributed by atoms with van der Waals surface area (Å²) in [6.45, 7) is 3.30. The summed E-state index contributed by atoms with van der Waals surface area (Å²) < 4.78 is 0. The quantitative estimate of drug-likeness (QED) is 0.597. The molecule has 0 aliphatic carbocycles. The highest BCUT2D eigenvalue weighted by molar-refractivity contribution is 6.04. The van der Waals surface area contributed by atoms with E-state index in [4.69, 9.17) is 0 Å². The van der Waals surface area contributed by atoms with Gasteiger partial charge in [-0.3, -0.25) is 19.7 Å². The standard InChI is InChI=1S/C11H17N3O3/c1-2-8-10(16)13-9(15)6-14(8)11(17)7-3-4-12-5-7/h7-8,12H,2-6H2,1H3,(H,13,15,16). The van der Waals surface area contributed by atoms with Crippen LogP contribution in [0.3, 0.4) is 0 Å². The van der Waals surface area contributed by atoms with E-state index in [1.165, 1.54) is 4.90 Å². The second-order valence-electron chi connectivity index (χ2n) is 4.49. The molecule has 94 valence electrons. The van der Waals surface area contributed by atoms with Crippen LogP contribution in [0.15, 0.2) is 0 Å². The Balaban J connectivity index is 2.12. The summed E-state index contributed by atoms with van der Waals surface area (Å²) in [5.41, 5.74) is 0. The number of amides is 3. The molecule has 0 aromatic carbocycles. The molecule has 17 heavy (non-hydrogen) atoms. The Kier molecular flexibility index (Phi) is 3.42. The molecule has 2 rings (SSSR count). The zero-order chi connectivity index (χ0) is 12.4. The van der Waals surface area contributed by atoms with Crippen molar-refractivity contribution in [2.45, 2.75) is 25.8 Å². The van der Waals surface area contributed by atoms with Crippen molar-refractivity contribution < 1.29 is 14.4 Å². The zero-order valence-electron chi connectivity index (χ0n) is 9.86. The maximum Gasteiger partial charge on any atom is 0.249 e. The van der Waals surface area contributed by atoms with Crippen LogP contribution in [-0.2, 0) is 14.4 Å². The molecule has 2 heterocycles. The molecule has 2 saturated heterocycles. The molecule has 0 aromatic rings. The lowest BCUT2D eigenvalue weighted by molar-refractivity contribution is -0.152. The molecule has 2 unspecified atom stereocenters. The molecular formula is C11H17N3O3. The first-order chi connectivity index (χ1) is 8.13. The number of rotatable bonds is 2. The minimum absolute atomic E-state index is 0.000417. The minimum atomic E-state index is -0.499. The number of nitrogens with one attached hydrogen (secondary N) is 2. The zero-order valence-corrected chi connectivity index (χ0v) is 9.86. The molecule has 0 radical (unpaired) electrons. The Morgan fingerprint density at radius 1 is 1.47 bits per heavy atom. The summed E-state index contributed by atoms with van der Waals surface area (Å²) in [5.74, 6) is -0.921. The van der Waals surface area contributed by atoms with Crippen LogP contribution in [0.2, 0.25) is 0 Å². The summed E-state index contributed by atoms with van der Waals surface area (Å²) in [7, 11) is 0. The van der Waals surface area contributed by atoms with E-state index in [1.54, 1.807) is 0 Å². The van der Waals surface area contributed by atoms with Crippen LogP contribution < -0.4 is 10.6 Å². The van der Waals surface area contributed by atoms with E-state index in [0.717, 1.165) is 13.0 Å². The summed E-state index contributed by atoms with van der Waals surface area (Å²) in [6.07, 6.45) is 1.31. The third kappa shape index (κ3) is 2.31. The van der Waals surface area contributed by atoms with Gasteiger partial charge in [-0.1, -0.05) is 6.92 Å². The maximum absolute atomic E-state index is 12.2. The van der Waals surface area contributed by atoms with Gasteiger partial charge in [0.1, 0.15) is 12.6 Å². The molecule has 2 aliphatic rings. The third-order valence-electron chi connectivity index (χ3n) is 3.33. The van der Waals surface area contributed by atoms with Crippen molar-refractivity contribution in [2.24, 2.45) is 5.92 Å². The van der Waals surface area contributed by atoms with Crippen molar-refractivity contribution in [2.75, 3.05) is 19.6 Å². The van der Waals surface area contributed by atoms with Gasteiger partial charge in [-0.25, -0.2) is 0 Å². The second kappa shape index (κ2) is 4.83. The van der Waals surface area contributed by atoms with Crippen LogP contribution >= 0.6 is 0 Å². The first kappa shape index (κ1) is 12.0. The molecule has 2 fully saturated rings. The molecule has 0 spiro atoms. The summed E-state index contributed by atoms with van der Waals surface area (Å²) in [4.78, 5) is 36.6. The molecule has 2 atom stereocenters. The highest BCUT2D eigenvalue weighted by Crippen LogP contribution is 2.17. The largest absolute Gasteiger partial charge is 0.321 e. The van der Waals surface area contributed by atoms with Crippen LogP contribution in [-0.4, -0.2) is 48.3 Å². The second-order valence-corrected chi connectivity index (χ2v) is 4.49. The highest BCUT2D eigenvalue weighted by atomic mass is 16.2. The van der Waals surface area contributed by atoms with E-state index in [2.05, 4.69) is 10.6 Å². The molecule has 0 bridgehead atoms. The molecule has 3 amide bonds. The first-order valence-electron chi connectivity index (χ1n) is 5.98. The van der Waals surface area contributed by atoms with Gasteiger partial charge in [0.2, 0.25) is 17.7 Å². The SMILES string of the molecule is CCC1C(=O)NC(=O)CN1C(=O)C1CCNC1. The minimum Gasteiger partial charge on any atom is -0.321 e. The van der Waals surface area contributed by atoms with Crippen molar-refractivity contribution >= 4 is 17.7 Å². The first-order valence-corrected chi connectivity index (χ1v) is 5.98. The summed E-state index contributed by atoms with van der Waals surface area (Å²) in [6, 6.07) is -0.499. The van der Waals surface area contributed by atoms with Crippen molar-refractivity contribution in [1.82, 2.24) is 15.5 Å². The number of hydrogen-bond acceptors (Lipinski definition) is 4. The van der Waals surface area contributed by atoms with Crippen LogP contribution in [0.4, 0.5) is 0 Å². The molecule has 0 aromatic heterocycles. The lowest BCUT2D eigenvalue weighted by atomic mass is 10.0. The fourth-order valence-corrected chi connectivity index (χ4v) is 2.40. The van der Waals surface area contributed by atoms with Gasteiger partial charge in [0.05, 0.1) is 5.92 Å². The van der Waals surface area contributed by atoms with Gasteiger partial charge in [0, 0.05) is 6.54 Å². The fraction of sp³-hybridized carbons (Fsp3) is 0.727. The highest BCUT2D eigenvalue weighted by Gasteiger charge is 2.38. The fourth-order valence-electron chi connectivity index (χ4n) is 2.40. The number of carbonyl (C=O) groups excluding carboxylic acids is 3. The van der Waals surface area contributed by atoms with Crippen LogP contribution in [0, 0.1) is 5.92 Å². The number of carbonyl (C=O) groups is 3. The van der Waals surface area contributed by atoms with Gasteiger partial charge < -0.3 is 10.2 Å². The van der Waals surface area contributed by atoms with Crippen molar-refractivity contribution in [3.63, 3.8) is 0 Å². The van der Waals surface area contributed by atoms with E-state index >= 15 is 0 Å². The van der Waals surface area contributed by atoms with Gasteiger partial charge in [-0.2, -0.15) is 0 Å². The average Bonchev–Trinajstić information content (AvgIpc) is 2.80. The topological polar surface area (TPSA) is 78.5 Å². The van der Waals surface area contributed by atoms with Gasteiger partial charge in [-0.15, -0.1) is 0 Å². The maximum atomic E-state index is 12.2. The predicted octanol–water partition coefficient (Wildman–Crippen LogP) is -1.14. The van der Waals surface area contributed by atoms with E-state index in [0.29, 0.717) is 13.0 Å².